The van der Waals surface area contributed by atoms with Crippen molar-refractivity contribution in [3.8, 4) is 0 Å². The van der Waals surface area contributed by atoms with E-state index in [4.69, 9.17) is 0 Å². The van der Waals surface area contributed by atoms with E-state index < -0.39 is 0 Å². The first-order valence-electron chi connectivity index (χ1n) is 4.99. The van der Waals surface area contributed by atoms with E-state index in [9.17, 15) is 4.79 Å². The molecule has 0 spiro atoms. The smallest absolute Gasteiger partial charge is 0.219 e. The SMILES string of the molecule is C=C.CC.CC(=O)N1CCCC1C. The molecule has 0 bridgehead atoms. The Morgan fingerprint density at radius 1 is 1.38 bits per heavy atom. The van der Waals surface area contributed by atoms with Gasteiger partial charge in [0.05, 0.1) is 0 Å². The summed E-state index contributed by atoms with van der Waals surface area (Å²) in [6.45, 7) is 14.7. The van der Waals surface area contributed by atoms with Crippen molar-refractivity contribution < 1.29 is 4.79 Å². The van der Waals surface area contributed by atoms with Gasteiger partial charge in [-0.2, -0.15) is 0 Å². The Morgan fingerprint density at radius 2 is 1.85 bits per heavy atom. The van der Waals surface area contributed by atoms with E-state index in [2.05, 4.69) is 20.1 Å². The molecule has 1 heterocycles. The average molecular weight is 185 g/mol. The van der Waals surface area contributed by atoms with E-state index in [0.717, 1.165) is 6.54 Å². The van der Waals surface area contributed by atoms with Crippen LogP contribution in [-0.4, -0.2) is 23.4 Å². The first-order chi connectivity index (χ1) is 6.22. The first-order valence-corrected chi connectivity index (χ1v) is 4.99. The summed E-state index contributed by atoms with van der Waals surface area (Å²) in [5.41, 5.74) is 0. The Hall–Kier alpha value is -0.790. The molecule has 1 aliphatic rings. The van der Waals surface area contributed by atoms with Crippen molar-refractivity contribution in [1.82, 2.24) is 4.90 Å². The molecular formula is C11H23NO. The molecule has 0 aromatic rings. The van der Waals surface area contributed by atoms with Crippen molar-refractivity contribution in [3.05, 3.63) is 13.2 Å². The topological polar surface area (TPSA) is 20.3 Å². The molecule has 0 N–H and O–H groups in total. The quantitative estimate of drug-likeness (QED) is 0.531. The van der Waals surface area contributed by atoms with Crippen molar-refractivity contribution in [2.24, 2.45) is 0 Å². The van der Waals surface area contributed by atoms with E-state index in [1.165, 1.54) is 12.8 Å². The number of hydrogen-bond donors (Lipinski definition) is 0. The van der Waals surface area contributed by atoms with E-state index in [-0.39, 0.29) is 5.91 Å². The van der Waals surface area contributed by atoms with Gasteiger partial charge < -0.3 is 4.90 Å². The third-order valence-corrected chi connectivity index (χ3v) is 1.96. The van der Waals surface area contributed by atoms with Gasteiger partial charge in [0.25, 0.3) is 0 Å². The molecule has 1 fully saturated rings. The van der Waals surface area contributed by atoms with Gasteiger partial charge >= 0.3 is 0 Å². The highest BCUT2D eigenvalue weighted by atomic mass is 16.2. The summed E-state index contributed by atoms with van der Waals surface area (Å²) >= 11 is 0. The molecule has 0 aromatic heterocycles. The van der Waals surface area contributed by atoms with Crippen molar-refractivity contribution in [2.45, 2.75) is 46.6 Å². The Balaban J connectivity index is 0. The molecule has 1 amide bonds. The van der Waals surface area contributed by atoms with Gasteiger partial charge in [-0.3, -0.25) is 4.79 Å². The highest BCUT2D eigenvalue weighted by Gasteiger charge is 2.21. The maximum atomic E-state index is 10.8. The van der Waals surface area contributed by atoms with Gasteiger partial charge in [0, 0.05) is 19.5 Å². The summed E-state index contributed by atoms with van der Waals surface area (Å²) in [7, 11) is 0. The van der Waals surface area contributed by atoms with Crippen LogP contribution in [0.15, 0.2) is 13.2 Å². The fourth-order valence-electron chi connectivity index (χ4n) is 1.40. The van der Waals surface area contributed by atoms with Crippen LogP contribution in [0.4, 0.5) is 0 Å². The molecule has 1 saturated heterocycles. The monoisotopic (exact) mass is 185 g/mol. The molecule has 2 nitrogen and oxygen atoms in total. The lowest BCUT2D eigenvalue weighted by Crippen LogP contribution is -2.31. The highest BCUT2D eigenvalue weighted by molar-refractivity contribution is 5.73. The van der Waals surface area contributed by atoms with Crippen molar-refractivity contribution in [3.63, 3.8) is 0 Å². The van der Waals surface area contributed by atoms with E-state index in [0.29, 0.717) is 6.04 Å². The van der Waals surface area contributed by atoms with Crippen LogP contribution in [-0.2, 0) is 4.79 Å². The van der Waals surface area contributed by atoms with Crippen LogP contribution in [0.1, 0.15) is 40.5 Å². The first kappa shape index (κ1) is 14.7. The molecule has 1 unspecified atom stereocenters. The summed E-state index contributed by atoms with van der Waals surface area (Å²) < 4.78 is 0. The zero-order chi connectivity index (χ0) is 10.9. The van der Waals surface area contributed by atoms with Crippen LogP contribution in [0.25, 0.3) is 0 Å². The Morgan fingerprint density at radius 3 is 2.00 bits per heavy atom. The number of carbonyl (C=O) groups is 1. The lowest BCUT2D eigenvalue weighted by atomic mass is 10.2. The summed E-state index contributed by atoms with van der Waals surface area (Å²) in [4.78, 5) is 12.7. The molecular weight excluding hydrogens is 162 g/mol. The van der Waals surface area contributed by atoms with Gasteiger partial charge in [0.1, 0.15) is 0 Å². The van der Waals surface area contributed by atoms with E-state index >= 15 is 0 Å². The largest absolute Gasteiger partial charge is 0.340 e. The minimum absolute atomic E-state index is 0.222. The summed E-state index contributed by atoms with van der Waals surface area (Å²) in [6, 6.07) is 0.488. The molecule has 0 aromatic carbocycles. The fraction of sp³-hybridized carbons (Fsp3) is 0.727. The van der Waals surface area contributed by atoms with Crippen LogP contribution in [0.3, 0.4) is 0 Å². The van der Waals surface area contributed by atoms with Gasteiger partial charge in [0.15, 0.2) is 0 Å². The molecule has 0 radical (unpaired) electrons. The third-order valence-electron chi connectivity index (χ3n) is 1.96. The molecule has 13 heavy (non-hydrogen) atoms. The minimum Gasteiger partial charge on any atom is -0.340 e. The number of rotatable bonds is 0. The summed E-state index contributed by atoms with van der Waals surface area (Å²) in [6.07, 6.45) is 2.36. The predicted molar refractivity (Wildman–Crippen MR) is 58.7 cm³/mol. The van der Waals surface area contributed by atoms with Crippen LogP contribution in [0.2, 0.25) is 0 Å². The van der Waals surface area contributed by atoms with Gasteiger partial charge in [-0.25, -0.2) is 0 Å². The van der Waals surface area contributed by atoms with Crippen LogP contribution >= 0.6 is 0 Å². The maximum absolute atomic E-state index is 10.8. The second-order valence-corrected chi connectivity index (χ2v) is 2.70. The molecule has 1 aliphatic heterocycles. The number of likely N-dealkylation sites (tertiary alicyclic amines) is 1. The lowest BCUT2D eigenvalue weighted by molar-refractivity contribution is -0.129. The molecule has 78 valence electrons. The fourth-order valence-corrected chi connectivity index (χ4v) is 1.40. The zero-order valence-electron chi connectivity index (χ0n) is 9.47. The maximum Gasteiger partial charge on any atom is 0.219 e. The van der Waals surface area contributed by atoms with Crippen LogP contribution < -0.4 is 0 Å². The summed E-state index contributed by atoms with van der Waals surface area (Å²) in [5.74, 6) is 0.222. The van der Waals surface area contributed by atoms with E-state index in [1.807, 2.05) is 18.7 Å². The van der Waals surface area contributed by atoms with Crippen LogP contribution in [0, 0.1) is 0 Å². The second-order valence-electron chi connectivity index (χ2n) is 2.70. The zero-order valence-corrected chi connectivity index (χ0v) is 9.47. The molecule has 1 atom stereocenters. The molecule has 1 rings (SSSR count). The number of nitrogens with zero attached hydrogens (tertiary/aromatic N) is 1. The number of carbonyl (C=O) groups excluding carboxylic acids is 1. The lowest BCUT2D eigenvalue weighted by Gasteiger charge is -2.18. The molecule has 0 aliphatic carbocycles. The van der Waals surface area contributed by atoms with Gasteiger partial charge in [-0.1, -0.05) is 13.8 Å². The van der Waals surface area contributed by atoms with Crippen molar-refractivity contribution >= 4 is 5.91 Å². The second kappa shape index (κ2) is 9.30. The predicted octanol–water partition coefficient (Wildman–Crippen LogP) is 2.85. The number of amides is 1. The van der Waals surface area contributed by atoms with Crippen molar-refractivity contribution in [2.75, 3.05) is 6.54 Å². The third kappa shape index (κ3) is 5.45. The highest BCUT2D eigenvalue weighted by Crippen LogP contribution is 2.15. The minimum atomic E-state index is 0.222. The standard InChI is InChI=1S/C7H13NO.C2H6.C2H4/c1-6-4-3-5-8(6)7(2)9;2*1-2/h6H,3-5H2,1-2H3;1-2H3;1-2H2. The van der Waals surface area contributed by atoms with Gasteiger partial charge in [0.2, 0.25) is 5.91 Å². The average Bonchev–Trinajstić information content (AvgIpc) is 2.58. The normalized spacial score (nSPS) is 19.4. The van der Waals surface area contributed by atoms with Crippen molar-refractivity contribution in [1.29, 1.82) is 0 Å². The summed E-state index contributed by atoms with van der Waals surface area (Å²) in [5, 5.41) is 0. The Labute approximate surface area is 82.6 Å². The Kier molecular flexibility index (Phi) is 10.5. The van der Waals surface area contributed by atoms with Gasteiger partial charge in [-0.05, 0) is 19.8 Å². The number of hydrogen-bond acceptors (Lipinski definition) is 1. The molecule has 0 saturated carbocycles. The van der Waals surface area contributed by atoms with Crippen LogP contribution in [0.5, 0.6) is 0 Å². The van der Waals surface area contributed by atoms with E-state index in [1.54, 1.807) is 6.92 Å². The molecule has 2 heteroatoms. The Bertz CT molecular complexity index is 134. The van der Waals surface area contributed by atoms with Gasteiger partial charge in [-0.15, -0.1) is 13.2 Å².